The third-order valence-corrected chi connectivity index (χ3v) is 2.65. The molecule has 0 aliphatic rings. The Balaban J connectivity index is 4.20. The molecule has 4 N–H and O–H groups in total. The van der Waals surface area contributed by atoms with Crippen LogP contribution >= 0.6 is 0 Å². The van der Waals surface area contributed by atoms with E-state index in [9.17, 15) is 9.59 Å². The Labute approximate surface area is 101 Å². The predicted molar refractivity (Wildman–Crippen MR) is 65.6 cm³/mol. The molecule has 6 heteroatoms. The lowest BCUT2D eigenvalue weighted by atomic mass is 9.89. The molecule has 0 rings (SSSR count). The van der Waals surface area contributed by atoms with Gasteiger partial charge in [0.05, 0.1) is 5.92 Å². The summed E-state index contributed by atoms with van der Waals surface area (Å²) in [5.41, 5.74) is 7.01. The van der Waals surface area contributed by atoms with E-state index in [-0.39, 0.29) is 11.8 Å². The highest BCUT2D eigenvalue weighted by atomic mass is 16.4. The summed E-state index contributed by atoms with van der Waals surface area (Å²) in [7, 11) is 0. The van der Waals surface area contributed by atoms with Gasteiger partial charge in [0.1, 0.15) is 0 Å². The normalized spacial score (nSPS) is 14.8. The molecular weight excluding hydrogens is 222 g/mol. The fraction of sp³-hybridized carbons (Fsp3) is 0.727. The first-order valence-electron chi connectivity index (χ1n) is 5.66. The second-order valence-corrected chi connectivity index (χ2v) is 4.48. The Kier molecular flexibility index (Phi) is 6.93. The molecule has 0 bridgehead atoms. The zero-order valence-electron chi connectivity index (χ0n) is 10.5. The van der Waals surface area contributed by atoms with Crippen molar-refractivity contribution in [3.8, 4) is 0 Å². The first kappa shape index (κ1) is 15.4. The van der Waals surface area contributed by atoms with Crippen LogP contribution in [0.1, 0.15) is 33.6 Å². The van der Waals surface area contributed by atoms with Crippen LogP contribution in [0.25, 0.3) is 0 Å². The number of urea groups is 1. The van der Waals surface area contributed by atoms with Crippen molar-refractivity contribution in [1.29, 1.82) is 0 Å². The van der Waals surface area contributed by atoms with Crippen LogP contribution in [0.3, 0.4) is 0 Å². The van der Waals surface area contributed by atoms with E-state index in [1.165, 1.54) is 0 Å². The zero-order chi connectivity index (χ0) is 13.4. The average Bonchev–Trinajstić information content (AvgIpc) is 2.21. The number of hydrogen-bond acceptors (Lipinski definition) is 3. The SMILES string of the molecule is CC(C)[C@H](/C=N\NC(N)=O)CC[C@H](C)C(=O)O. The maximum absolute atomic E-state index is 10.7. The number of carbonyl (C=O) groups excluding carboxylic acids is 1. The number of rotatable bonds is 7. The Hall–Kier alpha value is -1.59. The smallest absolute Gasteiger partial charge is 0.332 e. The second-order valence-electron chi connectivity index (χ2n) is 4.48. The van der Waals surface area contributed by atoms with Gasteiger partial charge in [0.15, 0.2) is 0 Å². The minimum Gasteiger partial charge on any atom is -0.481 e. The van der Waals surface area contributed by atoms with E-state index in [4.69, 9.17) is 10.8 Å². The predicted octanol–water partition coefficient (Wildman–Crippen LogP) is 1.41. The molecule has 0 unspecified atom stereocenters. The summed E-state index contributed by atoms with van der Waals surface area (Å²) in [5.74, 6) is -0.702. The van der Waals surface area contributed by atoms with Crippen LogP contribution in [0.5, 0.6) is 0 Å². The van der Waals surface area contributed by atoms with Crippen LogP contribution in [-0.4, -0.2) is 23.3 Å². The van der Waals surface area contributed by atoms with Gasteiger partial charge in [-0.3, -0.25) is 4.79 Å². The minimum absolute atomic E-state index is 0.128. The standard InChI is InChI=1S/C11H21N3O3/c1-7(2)9(6-13-14-11(12)17)5-4-8(3)10(15)16/h6-9H,4-5H2,1-3H3,(H,15,16)(H3,12,14,17)/b13-6-/t8-,9-/m0/s1. The number of aliphatic carboxylic acids is 1. The molecule has 0 aromatic rings. The third-order valence-electron chi connectivity index (χ3n) is 2.65. The number of amides is 2. The molecule has 0 aliphatic heterocycles. The van der Waals surface area contributed by atoms with Gasteiger partial charge >= 0.3 is 12.0 Å². The molecule has 2 atom stereocenters. The highest BCUT2D eigenvalue weighted by molar-refractivity contribution is 5.73. The lowest BCUT2D eigenvalue weighted by molar-refractivity contribution is -0.141. The van der Waals surface area contributed by atoms with Crippen molar-refractivity contribution < 1.29 is 14.7 Å². The lowest BCUT2D eigenvalue weighted by Gasteiger charge is -2.17. The van der Waals surface area contributed by atoms with Crippen molar-refractivity contribution in [2.45, 2.75) is 33.6 Å². The van der Waals surface area contributed by atoms with Crippen LogP contribution < -0.4 is 11.2 Å². The molecule has 0 saturated heterocycles. The van der Waals surface area contributed by atoms with Gasteiger partial charge in [-0.1, -0.05) is 20.8 Å². The van der Waals surface area contributed by atoms with Crippen LogP contribution in [0.15, 0.2) is 5.10 Å². The molecule has 0 fully saturated rings. The molecule has 0 aliphatic carbocycles. The number of primary amides is 1. The lowest BCUT2D eigenvalue weighted by Crippen LogP contribution is -2.25. The third kappa shape index (κ3) is 7.32. The number of carboxylic acid groups (broad SMARTS) is 1. The second kappa shape index (κ2) is 7.65. The van der Waals surface area contributed by atoms with Crippen molar-refractivity contribution in [3.63, 3.8) is 0 Å². The van der Waals surface area contributed by atoms with E-state index >= 15 is 0 Å². The highest BCUT2D eigenvalue weighted by Gasteiger charge is 2.16. The summed E-state index contributed by atoms with van der Waals surface area (Å²) in [5, 5.41) is 12.5. The Morgan fingerprint density at radius 1 is 1.35 bits per heavy atom. The van der Waals surface area contributed by atoms with Gasteiger partial charge in [0, 0.05) is 6.21 Å². The number of carboxylic acids is 1. The largest absolute Gasteiger partial charge is 0.481 e. The fourth-order valence-electron chi connectivity index (χ4n) is 1.34. The summed E-state index contributed by atoms with van der Waals surface area (Å²) < 4.78 is 0. The van der Waals surface area contributed by atoms with Crippen molar-refractivity contribution >= 4 is 18.2 Å². The summed E-state index contributed by atoms with van der Waals surface area (Å²) in [6.07, 6.45) is 2.92. The van der Waals surface area contributed by atoms with Crippen LogP contribution in [-0.2, 0) is 4.79 Å². The molecule has 0 spiro atoms. The number of nitrogens with two attached hydrogens (primary N) is 1. The van der Waals surface area contributed by atoms with Crippen LogP contribution in [0.2, 0.25) is 0 Å². The number of carbonyl (C=O) groups is 2. The Morgan fingerprint density at radius 2 is 1.94 bits per heavy atom. The summed E-state index contributed by atoms with van der Waals surface area (Å²) in [4.78, 5) is 21.1. The van der Waals surface area contributed by atoms with Crippen molar-refractivity contribution in [1.82, 2.24) is 5.43 Å². The molecular formula is C11H21N3O3. The summed E-state index contributed by atoms with van der Waals surface area (Å²) in [6.45, 7) is 5.72. The molecule has 0 heterocycles. The van der Waals surface area contributed by atoms with E-state index in [0.29, 0.717) is 12.3 Å². The number of nitrogens with one attached hydrogen (secondary N) is 1. The Bertz CT molecular complexity index is 290. The van der Waals surface area contributed by atoms with Gasteiger partial charge in [-0.2, -0.15) is 5.10 Å². The van der Waals surface area contributed by atoms with E-state index in [2.05, 4.69) is 10.5 Å². The van der Waals surface area contributed by atoms with Gasteiger partial charge < -0.3 is 10.8 Å². The fourth-order valence-corrected chi connectivity index (χ4v) is 1.34. The maximum atomic E-state index is 10.7. The highest BCUT2D eigenvalue weighted by Crippen LogP contribution is 2.18. The van der Waals surface area contributed by atoms with Gasteiger partial charge in [0.25, 0.3) is 0 Å². The van der Waals surface area contributed by atoms with Crippen molar-refractivity contribution in [3.05, 3.63) is 0 Å². The van der Waals surface area contributed by atoms with Crippen molar-refractivity contribution in [2.75, 3.05) is 0 Å². The van der Waals surface area contributed by atoms with Crippen molar-refractivity contribution in [2.24, 2.45) is 28.6 Å². The molecule has 98 valence electrons. The molecule has 0 radical (unpaired) electrons. The Morgan fingerprint density at radius 3 is 2.35 bits per heavy atom. The molecule has 0 saturated carbocycles. The zero-order valence-corrected chi connectivity index (χ0v) is 10.5. The van der Waals surface area contributed by atoms with Gasteiger partial charge in [-0.05, 0) is 24.7 Å². The molecule has 0 aromatic carbocycles. The van der Waals surface area contributed by atoms with Gasteiger partial charge in [-0.15, -0.1) is 0 Å². The monoisotopic (exact) mass is 243 g/mol. The quantitative estimate of drug-likeness (QED) is 0.465. The van der Waals surface area contributed by atoms with Gasteiger partial charge in [0.2, 0.25) is 0 Å². The van der Waals surface area contributed by atoms with E-state index in [1.807, 2.05) is 13.8 Å². The molecule has 17 heavy (non-hydrogen) atoms. The molecule has 0 aromatic heterocycles. The number of nitrogens with zero attached hydrogens (tertiary/aromatic N) is 1. The first-order valence-corrected chi connectivity index (χ1v) is 5.66. The van der Waals surface area contributed by atoms with E-state index in [0.717, 1.165) is 6.42 Å². The number of hydrogen-bond donors (Lipinski definition) is 3. The van der Waals surface area contributed by atoms with E-state index < -0.39 is 12.0 Å². The van der Waals surface area contributed by atoms with Crippen LogP contribution in [0.4, 0.5) is 4.79 Å². The van der Waals surface area contributed by atoms with Crippen LogP contribution in [0, 0.1) is 17.8 Å². The van der Waals surface area contributed by atoms with E-state index in [1.54, 1.807) is 13.1 Å². The summed E-state index contributed by atoms with van der Waals surface area (Å²) >= 11 is 0. The maximum Gasteiger partial charge on any atom is 0.332 e. The molecule has 6 nitrogen and oxygen atoms in total. The number of hydrazone groups is 1. The molecule has 2 amide bonds. The minimum atomic E-state index is -0.792. The average molecular weight is 243 g/mol. The first-order chi connectivity index (χ1) is 7.84. The van der Waals surface area contributed by atoms with Gasteiger partial charge in [-0.25, -0.2) is 10.2 Å². The summed E-state index contributed by atoms with van der Waals surface area (Å²) in [6, 6.07) is -0.706. The topological polar surface area (TPSA) is 105 Å².